The molecule has 0 aliphatic rings. The Kier molecular flexibility index (Phi) is 4.49. The molecule has 1 aromatic heterocycles. The van der Waals surface area contributed by atoms with Gasteiger partial charge in [-0.2, -0.15) is 0 Å². The second-order valence-electron chi connectivity index (χ2n) is 4.04. The van der Waals surface area contributed by atoms with E-state index in [2.05, 4.69) is 20.9 Å². The fourth-order valence-electron chi connectivity index (χ4n) is 1.78. The van der Waals surface area contributed by atoms with E-state index in [1.165, 1.54) is 11.3 Å². The smallest absolute Gasteiger partial charge is 0.307 e. The van der Waals surface area contributed by atoms with Crippen LogP contribution in [-0.4, -0.2) is 16.1 Å². The van der Waals surface area contributed by atoms with Crippen molar-refractivity contribution in [3.8, 4) is 0 Å². The van der Waals surface area contributed by atoms with Crippen LogP contribution in [0.5, 0.6) is 0 Å². The molecule has 0 radical (unpaired) electrons. The molecule has 0 saturated heterocycles. The first kappa shape index (κ1) is 13.2. The molecule has 0 bridgehead atoms. The van der Waals surface area contributed by atoms with Crippen LogP contribution >= 0.6 is 27.3 Å². The Morgan fingerprint density at radius 3 is 2.89 bits per heavy atom. The summed E-state index contributed by atoms with van der Waals surface area (Å²) in [5.74, 6) is -1.16. The average molecular weight is 326 g/mol. The highest BCUT2D eigenvalue weighted by Gasteiger charge is 2.19. The van der Waals surface area contributed by atoms with Crippen molar-refractivity contribution in [1.82, 2.24) is 4.98 Å². The van der Waals surface area contributed by atoms with Gasteiger partial charge in [0.25, 0.3) is 0 Å². The molecule has 0 aliphatic carbocycles. The van der Waals surface area contributed by atoms with Crippen molar-refractivity contribution in [2.75, 3.05) is 0 Å². The van der Waals surface area contributed by atoms with Gasteiger partial charge in [0.05, 0.1) is 11.4 Å². The van der Waals surface area contributed by atoms with Crippen LogP contribution in [0.15, 0.2) is 40.4 Å². The van der Waals surface area contributed by atoms with Crippen LogP contribution in [0, 0.1) is 5.92 Å². The van der Waals surface area contributed by atoms with E-state index in [0.717, 1.165) is 14.9 Å². The van der Waals surface area contributed by atoms with Crippen LogP contribution in [0.2, 0.25) is 0 Å². The third-order valence-electron chi connectivity index (χ3n) is 2.65. The first-order chi connectivity index (χ1) is 8.65. The third kappa shape index (κ3) is 3.65. The molecule has 5 heteroatoms. The van der Waals surface area contributed by atoms with Gasteiger partial charge in [0, 0.05) is 15.5 Å². The summed E-state index contributed by atoms with van der Waals surface area (Å²) in [5.41, 5.74) is 2.76. The standard InChI is InChI=1S/C13H12BrNO2S/c14-11-3-1-2-9(5-11)4-10(13(16)17)6-12-7-15-8-18-12/h1-3,5,7-8,10H,4,6H2,(H,16,17). The molecule has 0 spiro atoms. The lowest BCUT2D eigenvalue weighted by Crippen LogP contribution is -2.18. The Labute approximate surface area is 118 Å². The zero-order chi connectivity index (χ0) is 13.0. The Morgan fingerprint density at radius 1 is 1.44 bits per heavy atom. The maximum absolute atomic E-state index is 11.3. The van der Waals surface area contributed by atoms with Gasteiger partial charge in [-0.05, 0) is 30.5 Å². The maximum Gasteiger partial charge on any atom is 0.307 e. The van der Waals surface area contributed by atoms with E-state index < -0.39 is 11.9 Å². The van der Waals surface area contributed by atoms with E-state index in [4.69, 9.17) is 0 Å². The number of halogens is 1. The molecule has 1 atom stereocenters. The van der Waals surface area contributed by atoms with E-state index in [-0.39, 0.29) is 0 Å². The highest BCUT2D eigenvalue weighted by molar-refractivity contribution is 9.10. The first-order valence-electron chi connectivity index (χ1n) is 5.50. The lowest BCUT2D eigenvalue weighted by molar-refractivity contribution is -0.141. The summed E-state index contributed by atoms with van der Waals surface area (Å²) in [6.45, 7) is 0. The van der Waals surface area contributed by atoms with Crippen LogP contribution in [0.3, 0.4) is 0 Å². The molecule has 2 rings (SSSR count). The van der Waals surface area contributed by atoms with E-state index in [1.807, 2.05) is 24.3 Å². The lowest BCUT2D eigenvalue weighted by atomic mass is 9.96. The molecule has 1 heterocycles. The highest BCUT2D eigenvalue weighted by atomic mass is 79.9. The molecule has 1 unspecified atom stereocenters. The van der Waals surface area contributed by atoms with Gasteiger partial charge in [0.15, 0.2) is 0 Å². The largest absolute Gasteiger partial charge is 0.481 e. The molecule has 1 aromatic carbocycles. The number of aliphatic carboxylic acids is 1. The summed E-state index contributed by atoms with van der Waals surface area (Å²) in [6.07, 6.45) is 2.81. The normalized spacial score (nSPS) is 12.3. The van der Waals surface area contributed by atoms with Gasteiger partial charge < -0.3 is 5.11 Å². The van der Waals surface area contributed by atoms with Crippen molar-refractivity contribution >= 4 is 33.2 Å². The Bertz CT molecular complexity index is 528. The molecule has 18 heavy (non-hydrogen) atoms. The molecular formula is C13H12BrNO2S. The van der Waals surface area contributed by atoms with Gasteiger partial charge in [-0.15, -0.1) is 11.3 Å². The van der Waals surface area contributed by atoms with Gasteiger partial charge in [-0.3, -0.25) is 9.78 Å². The van der Waals surface area contributed by atoms with Crippen LogP contribution in [0.1, 0.15) is 10.4 Å². The number of hydrogen-bond donors (Lipinski definition) is 1. The summed E-state index contributed by atoms with van der Waals surface area (Å²) in [7, 11) is 0. The second kappa shape index (κ2) is 6.11. The lowest BCUT2D eigenvalue weighted by Gasteiger charge is -2.11. The molecule has 0 aliphatic heterocycles. The van der Waals surface area contributed by atoms with Crippen molar-refractivity contribution in [1.29, 1.82) is 0 Å². The number of carboxylic acid groups (broad SMARTS) is 1. The quantitative estimate of drug-likeness (QED) is 0.916. The number of nitrogens with zero attached hydrogens (tertiary/aromatic N) is 1. The van der Waals surface area contributed by atoms with Crippen molar-refractivity contribution in [3.63, 3.8) is 0 Å². The van der Waals surface area contributed by atoms with Crippen molar-refractivity contribution < 1.29 is 9.90 Å². The third-order valence-corrected chi connectivity index (χ3v) is 3.95. The summed E-state index contributed by atoms with van der Waals surface area (Å²) in [4.78, 5) is 16.3. The highest BCUT2D eigenvalue weighted by Crippen LogP contribution is 2.19. The number of benzene rings is 1. The molecule has 0 fully saturated rings. The minimum absolute atomic E-state index is 0.403. The Balaban J connectivity index is 2.09. The fourth-order valence-corrected chi connectivity index (χ4v) is 2.90. The fraction of sp³-hybridized carbons (Fsp3) is 0.231. The van der Waals surface area contributed by atoms with Crippen molar-refractivity contribution in [3.05, 3.63) is 50.9 Å². The van der Waals surface area contributed by atoms with Crippen LogP contribution in [0.25, 0.3) is 0 Å². The zero-order valence-electron chi connectivity index (χ0n) is 9.54. The van der Waals surface area contributed by atoms with Gasteiger partial charge in [0.2, 0.25) is 0 Å². The van der Waals surface area contributed by atoms with Crippen LogP contribution < -0.4 is 0 Å². The molecular weight excluding hydrogens is 314 g/mol. The van der Waals surface area contributed by atoms with E-state index in [1.54, 1.807) is 11.7 Å². The van der Waals surface area contributed by atoms with Crippen molar-refractivity contribution in [2.24, 2.45) is 5.92 Å². The molecule has 1 N–H and O–H groups in total. The van der Waals surface area contributed by atoms with E-state index in [0.29, 0.717) is 12.8 Å². The zero-order valence-corrected chi connectivity index (χ0v) is 11.9. The predicted octanol–water partition coefficient (Wildman–Crippen LogP) is 3.39. The number of carboxylic acids is 1. The summed E-state index contributed by atoms with van der Waals surface area (Å²) < 4.78 is 0.974. The number of thiazole rings is 1. The first-order valence-corrected chi connectivity index (χ1v) is 7.17. The van der Waals surface area contributed by atoms with Gasteiger partial charge >= 0.3 is 5.97 Å². The summed E-state index contributed by atoms with van der Waals surface area (Å²) in [5, 5.41) is 9.28. The van der Waals surface area contributed by atoms with Gasteiger partial charge in [-0.1, -0.05) is 28.1 Å². The van der Waals surface area contributed by atoms with E-state index in [9.17, 15) is 9.90 Å². The molecule has 2 aromatic rings. The minimum Gasteiger partial charge on any atom is -0.481 e. The van der Waals surface area contributed by atoms with E-state index >= 15 is 0 Å². The number of hydrogen-bond acceptors (Lipinski definition) is 3. The second-order valence-corrected chi connectivity index (χ2v) is 5.93. The Morgan fingerprint density at radius 2 is 2.28 bits per heavy atom. The van der Waals surface area contributed by atoms with Gasteiger partial charge in [0.1, 0.15) is 0 Å². The maximum atomic E-state index is 11.3. The SMILES string of the molecule is O=C(O)C(Cc1cccc(Br)c1)Cc1cncs1. The topological polar surface area (TPSA) is 50.2 Å². The summed E-state index contributed by atoms with van der Waals surface area (Å²) in [6, 6.07) is 7.77. The molecule has 94 valence electrons. The minimum atomic E-state index is -0.761. The van der Waals surface area contributed by atoms with Gasteiger partial charge in [-0.25, -0.2) is 0 Å². The number of rotatable bonds is 5. The molecule has 3 nitrogen and oxygen atoms in total. The van der Waals surface area contributed by atoms with Crippen LogP contribution in [-0.2, 0) is 17.6 Å². The number of aromatic nitrogens is 1. The predicted molar refractivity (Wildman–Crippen MR) is 74.8 cm³/mol. The van der Waals surface area contributed by atoms with Crippen molar-refractivity contribution in [2.45, 2.75) is 12.8 Å². The summed E-state index contributed by atoms with van der Waals surface area (Å²) >= 11 is 4.89. The number of carbonyl (C=O) groups is 1. The van der Waals surface area contributed by atoms with Crippen LogP contribution in [0.4, 0.5) is 0 Å². The molecule has 0 saturated carbocycles. The monoisotopic (exact) mass is 325 g/mol. The molecule has 0 amide bonds. The Hall–Kier alpha value is -1.20. The average Bonchev–Trinajstić information content (AvgIpc) is 2.81.